The number of carbonyl (C=O) groups excluding carboxylic acids is 1. The van der Waals surface area contributed by atoms with Crippen LogP contribution >= 0.6 is 8.15 Å². The van der Waals surface area contributed by atoms with Gasteiger partial charge in [-0.05, 0) is 14.1 Å². The van der Waals surface area contributed by atoms with Crippen LogP contribution < -0.4 is 0 Å². The van der Waals surface area contributed by atoms with E-state index in [0.29, 0.717) is 36.9 Å². The molecule has 40 heavy (non-hydrogen) atoms. The van der Waals surface area contributed by atoms with Gasteiger partial charge in [0.1, 0.15) is 0 Å². The van der Waals surface area contributed by atoms with Gasteiger partial charge in [0.15, 0.2) is 0 Å². The molecule has 1 N–H and O–H groups in total. The van der Waals surface area contributed by atoms with E-state index < -0.39 is 14.4 Å². The average molecular weight is 621 g/mol. The molecule has 2 aliphatic rings. The number of cyclic esters (lactones) is 1. The number of carbonyl (C=O) groups is 1. The van der Waals surface area contributed by atoms with Gasteiger partial charge >= 0.3 is 241 Å². The van der Waals surface area contributed by atoms with Crippen LogP contribution in [0.3, 0.4) is 0 Å². The Balaban J connectivity index is 2.30. The Bertz CT molecular complexity index is 813. The summed E-state index contributed by atoms with van der Waals surface area (Å²) in [6.45, 7) is 16.9. The van der Waals surface area contributed by atoms with Gasteiger partial charge in [-0.1, -0.05) is 0 Å². The van der Waals surface area contributed by atoms with Crippen molar-refractivity contribution in [2.45, 2.75) is 117 Å². The number of hydrogen-bond donors (Lipinski definition) is 1. The van der Waals surface area contributed by atoms with Crippen LogP contribution in [0.4, 0.5) is 0 Å². The molecule has 0 saturated carbocycles. The number of esters is 1. The molecule has 2 heterocycles. The third-order valence-electron chi connectivity index (χ3n) is 8.47. The summed E-state index contributed by atoms with van der Waals surface area (Å²) >= 11 is 2.82. The summed E-state index contributed by atoms with van der Waals surface area (Å²) in [6, 6.07) is 0.372. The molecule has 0 bridgehead atoms. The fourth-order valence-electron chi connectivity index (χ4n) is 5.70. The molecule has 0 aliphatic carbocycles. The topological polar surface area (TPSA) is 77.5 Å². The van der Waals surface area contributed by atoms with Crippen molar-refractivity contribution in [3.05, 3.63) is 12.2 Å². The van der Waals surface area contributed by atoms with E-state index in [0.717, 1.165) is 43.8 Å². The summed E-state index contributed by atoms with van der Waals surface area (Å²) in [5, 5.41) is 9.74. The van der Waals surface area contributed by atoms with Crippen molar-refractivity contribution in [2.24, 2.45) is 23.7 Å². The predicted molar refractivity (Wildman–Crippen MR) is 160 cm³/mol. The Morgan fingerprint density at radius 1 is 1.05 bits per heavy atom. The first kappa shape index (κ1) is 36.1. The SMILES string of the molecule is C=C(CO)CP1CC[C@@H](C)[C](=[V])[C@H](C)C[C@@H](C)C(CC)OC(=O)C(C)CC[C@@H](OC2CC(N(C)C)CC(C)O2)O1. The van der Waals surface area contributed by atoms with Crippen molar-refractivity contribution in [1.29, 1.82) is 0 Å². The predicted octanol–water partition coefficient (Wildman–Crippen LogP) is 5.91. The van der Waals surface area contributed by atoms with Crippen LogP contribution in [0.5, 0.6) is 0 Å². The summed E-state index contributed by atoms with van der Waals surface area (Å²) in [4.78, 5) is 15.4. The van der Waals surface area contributed by atoms with Gasteiger partial charge in [-0.25, -0.2) is 0 Å². The number of aliphatic hydroxyl groups is 1. The summed E-state index contributed by atoms with van der Waals surface area (Å²) in [6.07, 6.45) is 6.39. The van der Waals surface area contributed by atoms with Gasteiger partial charge in [0.2, 0.25) is 0 Å². The fourth-order valence-corrected chi connectivity index (χ4v) is 8.17. The molecule has 9 heteroatoms. The molecule has 10 atom stereocenters. The zero-order chi connectivity index (χ0) is 30.0. The standard InChI is InChI=1S/C31H56NO6P.V/c1-10-28-25(6)16-22(3)15-21(2)13-14-39(20-23(4)19-33)38-29(12-11-24(5)31(34)36-28)37-30-18-27(32(8)9)17-26(7)35-30;/h21-22,24-30,33H,4,10-14,16-20H2,1-3,5-9H3;/t21-,22+,24?,25-,26?,27?,28?,29+,30?,39?;/m1./s1. The molecule has 7 nitrogen and oxygen atoms in total. The molecule has 2 saturated heterocycles. The maximum atomic E-state index is 13.1. The number of ether oxygens (including phenoxy) is 3. The van der Waals surface area contributed by atoms with Gasteiger partial charge < -0.3 is 0 Å². The number of nitrogens with zero attached hydrogens (tertiary/aromatic N) is 1. The molecular formula is C31H56NO6PV. The first-order valence-electron chi connectivity index (χ1n) is 15.3. The van der Waals surface area contributed by atoms with Crippen LogP contribution in [0, 0.1) is 23.7 Å². The van der Waals surface area contributed by atoms with E-state index in [1.807, 2.05) is 6.92 Å². The van der Waals surface area contributed by atoms with Crippen LogP contribution in [0.25, 0.3) is 0 Å². The van der Waals surface area contributed by atoms with Crippen LogP contribution in [-0.4, -0.2) is 84.1 Å². The molecule has 0 amide bonds. The van der Waals surface area contributed by atoms with Gasteiger partial charge in [0.05, 0.1) is 0 Å². The molecular weight excluding hydrogens is 564 g/mol. The van der Waals surface area contributed by atoms with E-state index in [1.165, 1.54) is 4.23 Å². The summed E-state index contributed by atoms with van der Waals surface area (Å²) in [7, 11) is 3.27. The molecule has 231 valence electrons. The molecule has 0 aromatic rings. The Kier molecular flexibility index (Phi) is 16.1. The number of aliphatic hydroxyl groups excluding tert-OH is 1. The normalized spacial score (nSPS) is 37.7. The Hall–Kier alpha value is -0.106. The van der Waals surface area contributed by atoms with Crippen molar-refractivity contribution >= 4 is 18.3 Å². The van der Waals surface area contributed by atoms with Crippen molar-refractivity contribution in [3.8, 4) is 0 Å². The molecule has 0 radical (unpaired) electrons. The fraction of sp³-hybridized carbons (Fsp3) is 0.871. The molecule has 2 rings (SSSR count). The number of hydrogen-bond acceptors (Lipinski definition) is 7. The second kappa shape index (κ2) is 17.9. The van der Waals surface area contributed by atoms with Gasteiger partial charge in [0.25, 0.3) is 0 Å². The molecule has 6 unspecified atom stereocenters. The van der Waals surface area contributed by atoms with Gasteiger partial charge in [-0.3, -0.25) is 0 Å². The minimum absolute atomic E-state index is 0.0462. The van der Waals surface area contributed by atoms with E-state index in [-0.39, 0.29) is 42.9 Å². The van der Waals surface area contributed by atoms with E-state index in [4.69, 9.17) is 18.7 Å². The Labute approximate surface area is 254 Å². The third-order valence-corrected chi connectivity index (χ3v) is 11.9. The van der Waals surface area contributed by atoms with Gasteiger partial charge in [-0.2, -0.15) is 0 Å². The summed E-state index contributed by atoms with van der Waals surface area (Å²) in [5.41, 5.74) is 0.781. The quantitative estimate of drug-likeness (QED) is 0.216. The Morgan fingerprint density at radius 2 is 1.75 bits per heavy atom. The second-order valence-corrected chi connectivity index (χ2v) is 15.2. The monoisotopic (exact) mass is 620 g/mol. The molecule has 2 fully saturated rings. The van der Waals surface area contributed by atoms with E-state index in [2.05, 4.69) is 77.2 Å². The number of rotatable bonds is 7. The molecule has 0 aromatic heterocycles. The van der Waals surface area contributed by atoms with Crippen molar-refractivity contribution < 1.29 is 45.6 Å². The van der Waals surface area contributed by atoms with Gasteiger partial charge in [-0.15, -0.1) is 0 Å². The van der Waals surface area contributed by atoms with Crippen molar-refractivity contribution in [1.82, 2.24) is 4.90 Å². The minimum atomic E-state index is -0.929. The van der Waals surface area contributed by atoms with Crippen LogP contribution in [0.15, 0.2) is 12.2 Å². The summed E-state index contributed by atoms with van der Waals surface area (Å²) < 4.78 is 26.9. The first-order chi connectivity index (χ1) is 18.8. The van der Waals surface area contributed by atoms with Gasteiger partial charge in [0, 0.05) is 0 Å². The molecule has 2 aliphatic heterocycles. The van der Waals surface area contributed by atoms with Crippen LogP contribution in [0.2, 0.25) is 0 Å². The van der Waals surface area contributed by atoms with E-state index >= 15 is 0 Å². The first-order valence-corrected chi connectivity index (χ1v) is 17.6. The zero-order valence-electron chi connectivity index (χ0n) is 26.3. The van der Waals surface area contributed by atoms with Crippen LogP contribution in [0.1, 0.15) is 86.5 Å². The van der Waals surface area contributed by atoms with Crippen molar-refractivity contribution in [2.75, 3.05) is 33.0 Å². The molecule has 0 spiro atoms. The third kappa shape index (κ3) is 11.9. The maximum absolute atomic E-state index is 13.1. The average Bonchev–Trinajstić information content (AvgIpc) is 2.90. The van der Waals surface area contributed by atoms with E-state index in [9.17, 15) is 9.90 Å². The summed E-state index contributed by atoms with van der Waals surface area (Å²) in [5.74, 6) is 0.707. The molecule has 0 aromatic carbocycles. The van der Waals surface area contributed by atoms with Crippen LogP contribution in [-0.2, 0) is 40.5 Å². The van der Waals surface area contributed by atoms with Crippen molar-refractivity contribution in [3.63, 3.8) is 0 Å². The van der Waals surface area contributed by atoms with E-state index in [1.54, 1.807) is 0 Å². The zero-order valence-corrected chi connectivity index (χ0v) is 28.6. The Morgan fingerprint density at radius 3 is 2.38 bits per heavy atom. The second-order valence-electron chi connectivity index (χ2n) is 12.5.